The van der Waals surface area contributed by atoms with Crippen LogP contribution in [0.2, 0.25) is 0 Å². The topological polar surface area (TPSA) is 59.1 Å². The fourth-order valence-electron chi connectivity index (χ4n) is 4.33. The first-order chi connectivity index (χ1) is 15.8. The number of methoxy groups -OCH3 is 1. The number of benzene rings is 2. The number of piperidine rings is 1. The summed E-state index contributed by atoms with van der Waals surface area (Å²) < 4.78 is 48.5. The van der Waals surface area contributed by atoms with Crippen molar-refractivity contribution in [3.8, 4) is 0 Å². The number of ether oxygens (including phenoxy) is 2. The number of rotatable bonds is 5. The van der Waals surface area contributed by atoms with Gasteiger partial charge in [0.2, 0.25) is 0 Å². The lowest BCUT2D eigenvalue weighted by Gasteiger charge is -2.32. The Balaban J connectivity index is 1.33. The molecule has 0 aromatic heterocycles. The summed E-state index contributed by atoms with van der Waals surface area (Å²) >= 11 is 0. The molecule has 176 valence electrons. The zero-order chi connectivity index (χ0) is 23.6. The van der Waals surface area contributed by atoms with E-state index >= 15 is 0 Å². The summed E-state index contributed by atoms with van der Waals surface area (Å²) in [5.74, 6) is 0.0122. The molecule has 0 bridgehead atoms. The molecule has 0 aliphatic carbocycles. The van der Waals surface area contributed by atoms with Gasteiger partial charge >= 0.3 is 12.3 Å². The number of halogens is 3. The van der Waals surface area contributed by atoms with E-state index in [0.29, 0.717) is 26.2 Å². The Morgan fingerprint density at radius 2 is 1.70 bits per heavy atom. The fourth-order valence-corrected chi connectivity index (χ4v) is 4.33. The molecule has 2 aliphatic heterocycles. The van der Waals surface area contributed by atoms with Crippen LogP contribution < -0.4 is 4.90 Å². The molecular weight excluding hydrogens is 437 g/mol. The van der Waals surface area contributed by atoms with Gasteiger partial charge in [-0.2, -0.15) is 13.2 Å². The largest absolute Gasteiger partial charge is 0.441 e. The van der Waals surface area contributed by atoms with Crippen molar-refractivity contribution < 1.29 is 32.2 Å². The van der Waals surface area contributed by atoms with E-state index in [-0.39, 0.29) is 29.6 Å². The Kier molecular flexibility index (Phi) is 6.60. The van der Waals surface area contributed by atoms with Crippen LogP contribution in [-0.4, -0.2) is 56.4 Å². The first kappa shape index (κ1) is 23.1. The van der Waals surface area contributed by atoms with Crippen molar-refractivity contribution in [1.82, 2.24) is 4.90 Å². The third-order valence-corrected chi connectivity index (χ3v) is 6.14. The molecule has 0 saturated carbocycles. The van der Waals surface area contributed by atoms with Gasteiger partial charge in [-0.3, -0.25) is 9.69 Å². The Morgan fingerprint density at radius 3 is 2.27 bits per heavy atom. The van der Waals surface area contributed by atoms with Crippen LogP contribution in [0.3, 0.4) is 0 Å². The standard InChI is InChI=1S/C24H25F3N2O4/c1-32-15-21-14-29(23(31)33-21)20-8-4-16(5-9-20)17-10-12-28(13-11-17)22(30)18-2-6-19(7-3-18)24(25,26)27/h2-9,17,21H,10-15H2,1H3. The average molecular weight is 462 g/mol. The second-order valence-corrected chi connectivity index (χ2v) is 8.30. The Labute approximate surface area is 189 Å². The van der Waals surface area contributed by atoms with E-state index in [4.69, 9.17) is 9.47 Å². The fraction of sp³-hybridized carbons (Fsp3) is 0.417. The third-order valence-electron chi connectivity index (χ3n) is 6.14. The number of nitrogens with zero attached hydrogens (tertiary/aromatic N) is 2. The van der Waals surface area contributed by atoms with Crippen LogP contribution in [0, 0.1) is 0 Å². The van der Waals surface area contributed by atoms with Gasteiger partial charge in [0.15, 0.2) is 0 Å². The highest BCUT2D eigenvalue weighted by Gasteiger charge is 2.33. The number of carbonyl (C=O) groups excluding carboxylic acids is 2. The van der Waals surface area contributed by atoms with Crippen LogP contribution in [-0.2, 0) is 15.7 Å². The summed E-state index contributed by atoms with van der Waals surface area (Å²) in [6.07, 6.45) is -3.58. The van der Waals surface area contributed by atoms with Gasteiger partial charge in [0.1, 0.15) is 6.10 Å². The van der Waals surface area contributed by atoms with Crippen molar-refractivity contribution in [2.75, 3.05) is 38.3 Å². The molecule has 0 N–H and O–H groups in total. The maximum Gasteiger partial charge on any atom is 0.416 e. The van der Waals surface area contributed by atoms with Crippen molar-refractivity contribution in [3.05, 3.63) is 65.2 Å². The first-order valence-electron chi connectivity index (χ1n) is 10.8. The van der Waals surface area contributed by atoms with Gasteiger partial charge in [-0.1, -0.05) is 12.1 Å². The molecule has 9 heteroatoms. The number of carbonyl (C=O) groups is 2. The normalized spacial score (nSPS) is 19.6. The Morgan fingerprint density at radius 1 is 1.06 bits per heavy atom. The minimum Gasteiger partial charge on any atom is -0.441 e. The SMILES string of the molecule is COCC1CN(c2ccc(C3CCN(C(=O)c4ccc(C(F)(F)F)cc4)CC3)cc2)C(=O)O1. The number of hydrogen-bond acceptors (Lipinski definition) is 4. The van der Waals surface area contributed by atoms with Gasteiger partial charge in [-0.05, 0) is 60.7 Å². The lowest BCUT2D eigenvalue weighted by molar-refractivity contribution is -0.137. The second kappa shape index (κ2) is 9.43. The highest BCUT2D eigenvalue weighted by atomic mass is 19.4. The van der Waals surface area contributed by atoms with Crippen molar-refractivity contribution in [1.29, 1.82) is 0 Å². The number of hydrogen-bond donors (Lipinski definition) is 0. The lowest BCUT2D eigenvalue weighted by atomic mass is 9.89. The van der Waals surface area contributed by atoms with Crippen LogP contribution >= 0.6 is 0 Å². The molecule has 2 fully saturated rings. The van der Waals surface area contributed by atoms with Gasteiger partial charge in [0.05, 0.1) is 18.7 Å². The average Bonchev–Trinajstić information content (AvgIpc) is 3.18. The molecule has 2 aromatic carbocycles. The van der Waals surface area contributed by atoms with Gasteiger partial charge in [-0.15, -0.1) is 0 Å². The predicted molar refractivity (Wildman–Crippen MR) is 115 cm³/mol. The summed E-state index contributed by atoms with van der Waals surface area (Å²) in [5.41, 5.74) is 1.38. The number of likely N-dealkylation sites (tertiary alicyclic amines) is 1. The Hall–Kier alpha value is -3.07. The second-order valence-electron chi connectivity index (χ2n) is 8.30. The predicted octanol–water partition coefficient (Wildman–Crippen LogP) is 4.70. The maximum absolute atomic E-state index is 12.7. The molecule has 1 unspecified atom stereocenters. The van der Waals surface area contributed by atoms with Gasteiger partial charge < -0.3 is 14.4 Å². The highest BCUT2D eigenvalue weighted by Crippen LogP contribution is 2.32. The maximum atomic E-state index is 12.7. The number of cyclic esters (lactones) is 1. The van der Waals surface area contributed by atoms with E-state index in [1.807, 2.05) is 24.3 Å². The monoisotopic (exact) mass is 462 g/mol. The van der Waals surface area contributed by atoms with Crippen LogP contribution in [0.15, 0.2) is 48.5 Å². The van der Waals surface area contributed by atoms with E-state index in [1.54, 1.807) is 16.9 Å². The minimum absolute atomic E-state index is 0.254. The van der Waals surface area contributed by atoms with Crippen LogP contribution in [0.5, 0.6) is 0 Å². The van der Waals surface area contributed by atoms with Gasteiger partial charge in [0, 0.05) is 31.5 Å². The molecule has 2 saturated heterocycles. The van der Waals surface area contributed by atoms with Crippen LogP contribution in [0.1, 0.15) is 40.2 Å². The zero-order valence-corrected chi connectivity index (χ0v) is 18.2. The summed E-state index contributed by atoms with van der Waals surface area (Å²) in [4.78, 5) is 28.0. The molecule has 0 spiro atoms. The molecule has 2 heterocycles. The van der Waals surface area contributed by atoms with E-state index < -0.39 is 11.7 Å². The van der Waals surface area contributed by atoms with E-state index in [1.165, 1.54) is 12.1 Å². The lowest BCUT2D eigenvalue weighted by Crippen LogP contribution is -2.37. The summed E-state index contributed by atoms with van der Waals surface area (Å²) in [6, 6.07) is 12.1. The molecule has 0 radical (unpaired) electrons. The first-order valence-corrected chi connectivity index (χ1v) is 10.8. The molecule has 2 aromatic rings. The summed E-state index contributed by atoms with van der Waals surface area (Å²) in [5, 5.41) is 0. The van der Waals surface area contributed by atoms with Crippen molar-refractivity contribution in [2.45, 2.75) is 31.0 Å². The van der Waals surface area contributed by atoms with Gasteiger partial charge in [-0.25, -0.2) is 4.79 Å². The molecule has 1 atom stereocenters. The highest BCUT2D eigenvalue weighted by molar-refractivity contribution is 5.94. The van der Waals surface area contributed by atoms with E-state index in [9.17, 15) is 22.8 Å². The number of anilines is 1. The summed E-state index contributed by atoms with van der Waals surface area (Å²) in [7, 11) is 1.56. The van der Waals surface area contributed by atoms with Crippen molar-refractivity contribution in [2.24, 2.45) is 0 Å². The summed E-state index contributed by atoms with van der Waals surface area (Å²) in [6.45, 7) is 1.85. The third kappa shape index (κ3) is 5.13. The molecule has 2 amide bonds. The molecular formula is C24H25F3N2O4. The van der Waals surface area contributed by atoms with E-state index in [0.717, 1.165) is 36.2 Å². The van der Waals surface area contributed by atoms with Gasteiger partial charge in [0.25, 0.3) is 5.91 Å². The molecule has 6 nitrogen and oxygen atoms in total. The molecule has 4 rings (SSSR count). The van der Waals surface area contributed by atoms with Crippen molar-refractivity contribution in [3.63, 3.8) is 0 Å². The Bertz CT molecular complexity index is 984. The van der Waals surface area contributed by atoms with Crippen LogP contribution in [0.25, 0.3) is 0 Å². The quantitative estimate of drug-likeness (QED) is 0.647. The zero-order valence-electron chi connectivity index (χ0n) is 18.2. The van der Waals surface area contributed by atoms with Crippen LogP contribution in [0.4, 0.5) is 23.7 Å². The number of amides is 2. The minimum atomic E-state index is -4.42. The van der Waals surface area contributed by atoms with Crippen molar-refractivity contribution >= 4 is 17.7 Å². The smallest absolute Gasteiger partial charge is 0.416 e. The molecule has 2 aliphatic rings. The molecule has 33 heavy (non-hydrogen) atoms. The van der Waals surface area contributed by atoms with E-state index in [2.05, 4.69) is 0 Å². The number of alkyl halides is 3.